The molecule has 0 bridgehead atoms. The van der Waals surface area contributed by atoms with Crippen molar-refractivity contribution in [2.24, 2.45) is 0 Å². The van der Waals surface area contributed by atoms with E-state index < -0.39 is 0 Å². The van der Waals surface area contributed by atoms with E-state index in [1.165, 1.54) is 0 Å². The van der Waals surface area contributed by atoms with Gasteiger partial charge in [-0.2, -0.15) is 5.26 Å². The van der Waals surface area contributed by atoms with Gasteiger partial charge in [0.25, 0.3) is 0 Å². The molecule has 0 saturated heterocycles. The molecule has 4 heteroatoms. The van der Waals surface area contributed by atoms with Gasteiger partial charge in [-0.1, -0.05) is 18.2 Å². The molecule has 88 valence electrons. The third-order valence-electron chi connectivity index (χ3n) is 2.14. The number of nitriles is 1. The zero-order valence-corrected chi connectivity index (χ0v) is 9.57. The topological polar surface area (TPSA) is 64.9 Å². The molecular weight excluding hydrogens is 214 g/mol. The molecule has 2 N–H and O–H groups in total. The van der Waals surface area contributed by atoms with Crippen molar-refractivity contribution in [3.63, 3.8) is 0 Å². The molecule has 0 radical (unpaired) electrons. The third-order valence-corrected chi connectivity index (χ3v) is 2.14. The van der Waals surface area contributed by atoms with Crippen LogP contribution in [0.25, 0.3) is 0 Å². The van der Waals surface area contributed by atoms with Gasteiger partial charge in [-0.3, -0.25) is 4.79 Å². The quantitative estimate of drug-likeness (QED) is 0.576. The minimum Gasteiger partial charge on any atom is -0.325 e. The number of hydrogen-bond acceptors (Lipinski definition) is 3. The van der Waals surface area contributed by atoms with Crippen molar-refractivity contribution >= 4 is 11.6 Å². The summed E-state index contributed by atoms with van der Waals surface area (Å²) in [4.78, 5) is 11.6. The number of para-hydroxylation sites is 1. The summed E-state index contributed by atoms with van der Waals surface area (Å²) in [5.41, 5.74) is 1.03. The maximum absolute atomic E-state index is 11.6. The van der Waals surface area contributed by atoms with Crippen molar-refractivity contribution in [2.75, 3.05) is 18.4 Å². The van der Waals surface area contributed by atoms with Crippen LogP contribution in [-0.4, -0.2) is 19.0 Å². The van der Waals surface area contributed by atoms with Gasteiger partial charge >= 0.3 is 0 Å². The van der Waals surface area contributed by atoms with Gasteiger partial charge in [-0.25, -0.2) is 0 Å². The molecule has 0 fully saturated rings. The van der Waals surface area contributed by atoms with Crippen LogP contribution in [0, 0.1) is 11.3 Å². The Labute approximate surface area is 101 Å². The van der Waals surface area contributed by atoms with Gasteiger partial charge < -0.3 is 10.6 Å². The fraction of sp³-hybridized carbons (Fsp3) is 0.231. The number of benzene rings is 1. The first-order chi connectivity index (χ1) is 8.27. The summed E-state index contributed by atoms with van der Waals surface area (Å²) in [6.07, 6.45) is 2.11. The Balaban J connectivity index is 2.45. The molecule has 0 heterocycles. The van der Waals surface area contributed by atoms with Crippen LogP contribution in [0.1, 0.15) is 12.0 Å². The number of nitrogens with zero attached hydrogens (tertiary/aromatic N) is 1. The third kappa shape index (κ3) is 4.49. The van der Waals surface area contributed by atoms with Gasteiger partial charge in [0.05, 0.1) is 11.3 Å². The number of amides is 1. The lowest BCUT2D eigenvalue weighted by atomic mass is 10.2. The summed E-state index contributed by atoms with van der Waals surface area (Å²) in [5.74, 6) is -0.107. The Hall–Kier alpha value is -2.12. The molecule has 0 aliphatic rings. The van der Waals surface area contributed by atoms with Crippen molar-refractivity contribution in [2.45, 2.75) is 6.42 Å². The Bertz CT molecular complexity index is 435. The summed E-state index contributed by atoms with van der Waals surface area (Å²) in [7, 11) is 0. The van der Waals surface area contributed by atoms with E-state index in [4.69, 9.17) is 5.26 Å². The van der Waals surface area contributed by atoms with Gasteiger partial charge in [0.15, 0.2) is 0 Å². The van der Waals surface area contributed by atoms with Crippen LogP contribution in [0.5, 0.6) is 0 Å². The summed E-state index contributed by atoms with van der Waals surface area (Å²) < 4.78 is 0. The second kappa shape index (κ2) is 7.20. The smallest absolute Gasteiger partial charge is 0.225 e. The van der Waals surface area contributed by atoms with Crippen LogP contribution in [0.15, 0.2) is 36.9 Å². The molecule has 0 aromatic heterocycles. The molecule has 0 spiro atoms. The van der Waals surface area contributed by atoms with Crippen LogP contribution >= 0.6 is 0 Å². The number of nitrogens with one attached hydrogen (secondary N) is 2. The fourth-order valence-corrected chi connectivity index (χ4v) is 1.31. The number of rotatable bonds is 6. The molecule has 1 aromatic carbocycles. The highest BCUT2D eigenvalue weighted by molar-refractivity contribution is 5.92. The highest BCUT2D eigenvalue weighted by Gasteiger charge is 2.05. The molecule has 0 unspecified atom stereocenters. The molecule has 4 nitrogen and oxygen atoms in total. The zero-order valence-electron chi connectivity index (χ0n) is 9.57. The van der Waals surface area contributed by atoms with Crippen molar-refractivity contribution in [3.8, 4) is 6.07 Å². The average Bonchev–Trinajstić information content (AvgIpc) is 2.35. The first-order valence-electron chi connectivity index (χ1n) is 5.38. The molecule has 1 aromatic rings. The van der Waals surface area contributed by atoms with Crippen LogP contribution in [0.3, 0.4) is 0 Å². The highest BCUT2D eigenvalue weighted by Crippen LogP contribution is 2.13. The first-order valence-corrected chi connectivity index (χ1v) is 5.38. The molecule has 1 rings (SSSR count). The lowest BCUT2D eigenvalue weighted by molar-refractivity contribution is -0.116. The Morgan fingerprint density at radius 1 is 1.47 bits per heavy atom. The van der Waals surface area contributed by atoms with Gasteiger partial charge in [0, 0.05) is 19.5 Å². The molecule has 1 amide bonds. The van der Waals surface area contributed by atoms with Crippen LogP contribution < -0.4 is 10.6 Å². The SMILES string of the molecule is C=CCNCCC(=O)Nc1ccccc1C#N. The number of hydrogen-bond donors (Lipinski definition) is 2. The molecular formula is C13H15N3O. The maximum atomic E-state index is 11.6. The van der Waals surface area contributed by atoms with Crippen molar-refractivity contribution in [3.05, 3.63) is 42.5 Å². The number of carbonyl (C=O) groups excluding carboxylic acids is 1. The Morgan fingerprint density at radius 3 is 2.94 bits per heavy atom. The first kappa shape index (κ1) is 12.9. The molecule has 17 heavy (non-hydrogen) atoms. The van der Waals surface area contributed by atoms with Crippen molar-refractivity contribution in [1.29, 1.82) is 5.26 Å². The van der Waals surface area contributed by atoms with E-state index >= 15 is 0 Å². The second-order valence-corrected chi connectivity index (χ2v) is 3.45. The Morgan fingerprint density at radius 2 is 2.24 bits per heavy atom. The average molecular weight is 229 g/mol. The largest absolute Gasteiger partial charge is 0.325 e. The number of carbonyl (C=O) groups is 1. The van der Waals surface area contributed by atoms with E-state index in [-0.39, 0.29) is 5.91 Å². The lowest BCUT2D eigenvalue weighted by Gasteiger charge is -2.06. The van der Waals surface area contributed by atoms with Crippen LogP contribution in [0.2, 0.25) is 0 Å². The van der Waals surface area contributed by atoms with E-state index in [2.05, 4.69) is 17.2 Å². The minimum atomic E-state index is -0.107. The second-order valence-electron chi connectivity index (χ2n) is 3.45. The summed E-state index contributed by atoms with van der Waals surface area (Å²) >= 11 is 0. The van der Waals surface area contributed by atoms with Crippen LogP contribution in [-0.2, 0) is 4.79 Å². The standard InChI is InChI=1S/C13H15N3O/c1-2-8-15-9-7-13(17)16-12-6-4-3-5-11(12)10-14/h2-6,15H,1,7-9H2,(H,16,17). The maximum Gasteiger partial charge on any atom is 0.225 e. The molecule has 0 aliphatic heterocycles. The van der Waals surface area contributed by atoms with Gasteiger partial charge in [-0.05, 0) is 12.1 Å². The van der Waals surface area contributed by atoms with E-state index in [0.717, 1.165) is 0 Å². The summed E-state index contributed by atoms with van der Waals surface area (Å²) in [6.45, 7) is 4.84. The zero-order chi connectivity index (χ0) is 12.5. The minimum absolute atomic E-state index is 0.107. The predicted molar refractivity (Wildman–Crippen MR) is 67.5 cm³/mol. The predicted octanol–water partition coefficient (Wildman–Crippen LogP) is 1.66. The van der Waals surface area contributed by atoms with Crippen molar-refractivity contribution in [1.82, 2.24) is 5.32 Å². The van der Waals surface area contributed by atoms with E-state index in [1.807, 2.05) is 6.07 Å². The monoisotopic (exact) mass is 229 g/mol. The van der Waals surface area contributed by atoms with Gasteiger partial charge in [0.2, 0.25) is 5.91 Å². The van der Waals surface area contributed by atoms with Crippen LogP contribution in [0.4, 0.5) is 5.69 Å². The number of anilines is 1. The highest BCUT2D eigenvalue weighted by atomic mass is 16.1. The van der Waals surface area contributed by atoms with E-state index in [9.17, 15) is 4.79 Å². The van der Waals surface area contributed by atoms with Gasteiger partial charge in [0.1, 0.15) is 6.07 Å². The summed E-state index contributed by atoms with van der Waals surface area (Å²) in [5, 5.41) is 14.6. The molecule has 0 atom stereocenters. The van der Waals surface area contributed by atoms with Crippen molar-refractivity contribution < 1.29 is 4.79 Å². The lowest BCUT2D eigenvalue weighted by Crippen LogP contribution is -2.22. The van der Waals surface area contributed by atoms with E-state index in [1.54, 1.807) is 30.3 Å². The molecule has 0 saturated carbocycles. The summed E-state index contributed by atoms with van der Waals surface area (Å²) in [6, 6.07) is 8.97. The van der Waals surface area contributed by atoms with E-state index in [0.29, 0.717) is 30.8 Å². The normalized spacial score (nSPS) is 9.35. The van der Waals surface area contributed by atoms with Gasteiger partial charge in [-0.15, -0.1) is 6.58 Å². The Kier molecular flexibility index (Phi) is 5.49. The fourth-order valence-electron chi connectivity index (χ4n) is 1.31. The molecule has 0 aliphatic carbocycles.